The molecule has 1 saturated carbocycles. The number of hydrogen-bond acceptors (Lipinski definition) is 1. The number of aliphatic hydroxyl groups excluding tert-OH is 1. The van der Waals surface area contributed by atoms with Crippen molar-refractivity contribution in [3.63, 3.8) is 0 Å². The highest BCUT2D eigenvalue weighted by atomic mass is 79.9. The van der Waals surface area contributed by atoms with E-state index in [1.165, 1.54) is 41.3 Å². The third kappa shape index (κ3) is 1.82. The molecule has 2 heteroatoms. The number of aliphatic hydroxyl groups is 1. The van der Waals surface area contributed by atoms with Crippen molar-refractivity contribution < 1.29 is 5.11 Å². The lowest BCUT2D eigenvalue weighted by molar-refractivity contribution is 0.0675. The van der Waals surface area contributed by atoms with Gasteiger partial charge in [0.05, 0.1) is 6.10 Å². The van der Waals surface area contributed by atoms with Gasteiger partial charge in [0, 0.05) is 4.47 Å². The van der Waals surface area contributed by atoms with Gasteiger partial charge in [0.25, 0.3) is 0 Å². The van der Waals surface area contributed by atoms with Crippen LogP contribution in [-0.2, 0) is 12.8 Å². The molecule has 1 fully saturated rings. The highest BCUT2D eigenvalue weighted by molar-refractivity contribution is 9.10. The number of halogens is 1. The number of hydrogen-bond donors (Lipinski definition) is 1. The summed E-state index contributed by atoms with van der Waals surface area (Å²) >= 11 is 3.55. The summed E-state index contributed by atoms with van der Waals surface area (Å²) in [6.07, 6.45) is 6.78. The van der Waals surface area contributed by atoms with E-state index in [4.69, 9.17) is 0 Å². The van der Waals surface area contributed by atoms with Crippen LogP contribution in [0.1, 0.15) is 36.8 Å². The van der Waals surface area contributed by atoms with Gasteiger partial charge < -0.3 is 5.11 Å². The molecule has 0 aromatic heterocycles. The minimum Gasteiger partial charge on any atom is -0.393 e. The molecule has 0 bridgehead atoms. The van der Waals surface area contributed by atoms with Crippen molar-refractivity contribution in [1.29, 1.82) is 0 Å². The molecular formula is C14H17BrO. The maximum Gasteiger partial charge on any atom is 0.0540 e. The first-order valence-electron chi connectivity index (χ1n) is 6.12. The van der Waals surface area contributed by atoms with Crippen molar-refractivity contribution in [2.45, 2.75) is 44.6 Å². The average molecular weight is 281 g/mol. The standard InChI is InChI=1S/C14H17BrO/c15-12-2-1-10-8-14(9-11(10)7-12)5-3-13(16)4-6-14/h1-2,7,13,16H,3-6,8-9H2. The summed E-state index contributed by atoms with van der Waals surface area (Å²) in [6.45, 7) is 0. The van der Waals surface area contributed by atoms with E-state index in [0.29, 0.717) is 5.41 Å². The molecule has 3 rings (SSSR count). The lowest BCUT2D eigenvalue weighted by Gasteiger charge is -2.35. The Morgan fingerprint density at radius 2 is 1.81 bits per heavy atom. The molecular weight excluding hydrogens is 264 g/mol. The first-order valence-corrected chi connectivity index (χ1v) is 6.92. The smallest absolute Gasteiger partial charge is 0.0540 e. The summed E-state index contributed by atoms with van der Waals surface area (Å²) in [7, 11) is 0. The molecule has 0 saturated heterocycles. The first-order chi connectivity index (χ1) is 7.67. The average Bonchev–Trinajstić information content (AvgIpc) is 2.60. The van der Waals surface area contributed by atoms with Crippen LogP contribution in [0.25, 0.3) is 0 Å². The van der Waals surface area contributed by atoms with Crippen molar-refractivity contribution in [2.75, 3.05) is 0 Å². The second-order valence-corrected chi connectivity index (χ2v) is 6.41. The summed E-state index contributed by atoms with van der Waals surface area (Å²) in [6, 6.07) is 6.68. The summed E-state index contributed by atoms with van der Waals surface area (Å²) in [5.74, 6) is 0. The molecule has 0 atom stereocenters. The maximum atomic E-state index is 9.61. The highest BCUT2D eigenvalue weighted by Crippen LogP contribution is 2.47. The molecule has 0 unspecified atom stereocenters. The van der Waals surface area contributed by atoms with Crippen LogP contribution < -0.4 is 0 Å². The normalized spacial score (nSPS) is 33.0. The quantitative estimate of drug-likeness (QED) is 0.772. The highest BCUT2D eigenvalue weighted by Gasteiger charge is 2.39. The fourth-order valence-corrected chi connectivity index (χ4v) is 3.78. The van der Waals surface area contributed by atoms with Crippen LogP contribution >= 0.6 is 15.9 Å². The number of rotatable bonds is 0. The van der Waals surface area contributed by atoms with Gasteiger partial charge in [0.1, 0.15) is 0 Å². The van der Waals surface area contributed by atoms with Crippen LogP contribution in [0.15, 0.2) is 22.7 Å². The van der Waals surface area contributed by atoms with Crippen LogP contribution in [0, 0.1) is 5.41 Å². The van der Waals surface area contributed by atoms with Crippen molar-refractivity contribution in [1.82, 2.24) is 0 Å². The largest absolute Gasteiger partial charge is 0.393 e. The van der Waals surface area contributed by atoms with Crippen molar-refractivity contribution >= 4 is 15.9 Å². The van der Waals surface area contributed by atoms with E-state index in [1.54, 1.807) is 0 Å². The minimum absolute atomic E-state index is 0.0407. The fourth-order valence-electron chi connectivity index (χ4n) is 3.37. The van der Waals surface area contributed by atoms with Gasteiger partial charge in [0.2, 0.25) is 0 Å². The van der Waals surface area contributed by atoms with E-state index in [1.807, 2.05) is 0 Å². The monoisotopic (exact) mass is 280 g/mol. The van der Waals surface area contributed by atoms with Crippen LogP contribution in [0.5, 0.6) is 0 Å². The molecule has 1 N–H and O–H groups in total. The van der Waals surface area contributed by atoms with Gasteiger partial charge in [-0.25, -0.2) is 0 Å². The second kappa shape index (κ2) is 3.85. The summed E-state index contributed by atoms with van der Waals surface area (Å²) < 4.78 is 1.19. The van der Waals surface area contributed by atoms with Gasteiger partial charge in [-0.05, 0) is 67.2 Å². The zero-order chi connectivity index (χ0) is 11.2. The fraction of sp³-hybridized carbons (Fsp3) is 0.571. The van der Waals surface area contributed by atoms with E-state index in [2.05, 4.69) is 34.1 Å². The predicted molar refractivity (Wildman–Crippen MR) is 68.5 cm³/mol. The lowest BCUT2D eigenvalue weighted by atomic mass is 9.71. The first kappa shape index (κ1) is 10.8. The summed E-state index contributed by atoms with van der Waals surface area (Å²) in [4.78, 5) is 0. The van der Waals surface area contributed by atoms with Gasteiger partial charge in [-0.15, -0.1) is 0 Å². The zero-order valence-electron chi connectivity index (χ0n) is 9.38. The third-order valence-electron chi connectivity index (χ3n) is 4.31. The minimum atomic E-state index is -0.0407. The molecule has 0 amide bonds. The Hall–Kier alpha value is -0.340. The number of benzene rings is 1. The molecule has 1 aromatic carbocycles. The predicted octanol–water partition coefficient (Wildman–Crippen LogP) is 3.47. The topological polar surface area (TPSA) is 20.2 Å². The SMILES string of the molecule is OC1CCC2(CC1)Cc1ccc(Br)cc1C2. The van der Waals surface area contributed by atoms with E-state index in [0.717, 1.165) is 12.8 Å². The molecule has 2 aliphatic rings. The number of fused-ring (bicyclic) bond motifs is 1. The third-order valence-corrected chi connectivity index (χ3v) is 4.81. The zero-order valence-corrected chi connectivity index (χ0v) is 11.0. The molecule has 1 aromatic rings. The van der Waals surface area contributed by atoms with Gasteiger partial charge in [-0.2, -0.15) is 0 Å². The Bertz CT molecular complexity index is 405. The van der Waals surface area contributed by atoms with Gasteiger partial charge in [-0.1, -0.05) is 22.0 Å². The molecule has 1 nitrogen and oxygen atoms in total. The van der Waals surface area contributed by atoms with Gasteiger partial charge in [0.15, 0.2) is 0 Å². The Balaban J connectivity index is 1.84. The Morgan fingerprint density at radius 1 is 1.12 bits per heavy atom. The summed E-state index contributed by atoms with van der Waals surface area (Å²) in [5, 5.41) is 9.61. The van der Waals surface area contributed by atoms with E-state index < -0.39 is 0 Å². The Labute approximate surface area is 105 Å². The Kier molecular flexibility index (Phi) is 2.60. The van der Waals surface area contributed by atoms with Gasteiger partial charge in [-0.3, -0.25) is 0 Å². The van der Waals surface area contributed by atoms with Crippen molar-refractivity contribution in [3.8, 4) is 0 Å². The van der Waals surface area contributed by atoms with Crippen LogP contribution in [-0.4, -0.2) is 11.2 Å². The molecule has 0 aliphatic heterocycles. The second-order valence-electron chi connectivity index (χ2n) is 5.50. The molecule has 16 heavy (non-hydrogen) atoms. The van der Waals surface area contributed by atoms with Crippen LogP contribution in [0.4, 0.5) is 0 Å². The lowest BCUT2D eigenvalue weighted by Crippen LogP contribution is -2.30. The van der Waals surface area contributed by atoms with Crippen molar-refractivity contribution in [2.24, 2.45) is 5.41 Å². The van der Waals surface area contributed by atoms with E-state index in [-0.39, 0.29) is 6.10 Å². The van der Waals surface area contributed by atoms with E-state index >= 15 is 0 Å². The van der Waals surface area contributed by atoms with Gasteiger partial charge >= 0.3 is 0 Å². The Morgan fingerprint density at radius 3 is 2.56 bits per heavy atom. The van der Waals surface area contributed by atoms with E-state index in [9.17, 15) is 5.11 Å². The van der Waals surface area contributed by atoms with Crippen LogP contribution in [0.3, 0.4) is 0 Å². The molecule has 0 radical (unpaired) electrons. The molecule has 1 spiro atoms. The molecule has 2 aliphatic carbocycles. The van der Waals surface area contributed by atoms with Crippen molar-refractivity contribution in [3.05, 3.63) is 33.8 Å². The molecule has 0 heterocycles. The van der Waals surface area contributed by atoms with Crippen LogP contribution in [0.2, 0.25) is 0 Å². The summed E-state index contributed by atoms with van der Waals surface area (Å²) in [5.41, 5.74) is 3.52. The molecule has 86 valence electrons. The maximum absolute atomic E-state index is 9.61.